The number of hydrogen-bond acceptors (Lipinski definition) is 3. The molecule has 2 amide bonds. The van der Waals surface area contributed by atoms with Crippen LogP contribution in [0.2, 0.25) is 0 Å². The van der Waals surface area contributed by atoms with E-state index in [1.807, 2.05) is 24.3 Å². The summed E-state index contributed by atoms with van der Waals surface area (Å²) in [7, 11) is 1.58. The average Bonchev–Trinajstić information content (AvgIpc) is 2.73. The molecule has 5 nitrogen and oxygen atoms in total. The normalized spacial score (nSPS) is 12.8. The fourth-order valence-electron chi connectivity index (χ4n) is 3.55. The van der Waals surface area contributed by atoms with Crippen molar-refractivity contribution < 1.29 is 14.4 Å². The first-order chi connectivity index (χ1) is 13.6. The van der Waals surface area contributed by atoms with E-state index in [4.69, 9.17) is 0 Å². The van der Waals surface area contributed by atoms with Crippen LogP contribution >= 0.6 is 0 Å². The number of para-hydroxylation sites is 1. The van der Waals surface area contributed by atoms with Crippen LogP contribution in [0, 0.1) is 0 Å². The summed E-state index contributed by atoms with van der Waals surface area (Å²) in [6.45, 7) is 0. The zero-order valence-corrected chi connectivity index (χ0v) is 16.2. The van der Waals surface area contributed by atoms with Crippen LogP contribution in [0.3, 0.4) is 0 Å². The molecule has 0 bridgehead atoms. The summed E-state index contributed by atoms with van der Waals surface area (Å²) in [5.41, 5.74) is 4.65. The second-order valence-electron chi connectivity index (χ2n) is 7.17. The van der Waals surface area contributed by atoms with Crippen molar-refractivity contribution >= 4 is 23.3 Å². The molecule has 0 saturated carbocycles. The van der Waals surface area contributed by atoms with Gasteiger partial charge in [-0.1, -0.05) is 30.3 Å². The predicted molar refractivity (Wildman–Crippen MR) is 109 cm³/mol. The van der Waals surface area contributed by atoms with Crippen LogP contribution in [0.25, 0.3) is 0 Å². The Balaban J connectivity index is 1.57. The molecule has 0 atom stereocenters. The first kappa shape index (κ1) is 19.8. The van der Waals surface area contributed by atoms with Gasteiger partial charge in [0.25, 0.3) is 0 Å². The summed E-state index contributed by atoms with van der Waals surface area (Å²) >= 11 is 0. The lowest BCUT2D eigenvalue weighted by Gasteiger charge is -2.16. The number of carbonyl (C=O) groups excluding carboxylic acids is 3. The Morgan fingerprint density at radius 3 is 2.43 bits per heavy atom. The molecule has 28 heavy (non-hydrogen) atoms. The minimum absolute atomic E-state index is 0.0119. The van der Waals surface area contributed by atoms with Crippen LogP contribution < -0.4 is 10.6 Å². The minimum Gasteiger partial charge on any atom is -0.359 e. The van der Waals surface area contributed by atoms with Gasteiger partial charge >= 0.3 is 0 Å². The number of fused-ring (bicyclic) bond motifs is 1. The number of ketones is 1. The van der Waals surface area contributed by atoms with Crippen molar-refractivity contribution in [2.24, 2.45) is 0 Å². The fourth-order valence-corrected chi connectivity index (χ4v) is 3.55. The van der Waals surface area contributed by atoms with Gasteiger partial charge in [-0.3, -0.25) is 14.4 Å². The van der Waals surface area contributed by atoms with Crippen LogP contribution in [0.5, 0.6) is 0 Å². The number of Topliss-reactive ketones (excluding diaryl/α,β-unsaturated/α-hetero) is 1. The van der Waals surface area contributed by atoms with Gasteiger partial charge in [-0.25, -0.2) is 0 Å². The standard InChI is InChI=1S/C23H26N2O3/c1-24-23(28)15-18-8-4-5-9-20(18)25-22(27)13-12-21(26)19-11-10-16-6-2-3-7-17(16)14-19/h4-5,8-11,14H,2-3,6-7,12-13,15H2,1H3,(H,24,28)(H,25,27). The zero-order valence-electron chi connectivity index (χ0n) is 16.2. The molecular formula is C23H26N2O3. The summed E-state index contributed by atoms with van der Waals surface area (Å²) < 4.78 is 0. The predicted octanol–water partition coefficient (Wildman–Crippen LogP) is 3.46. The van der Waals surface area contributed by atoms with E-state index in [1.165, 1.54) is 24.0 Å². The van der Waals surface area contributed by atoms with E-state index in [0.717, 1.165) is 18.4 Å². The third kappa shape index (κ3) is 5.06. The largest absolute Gasteiger partial charge is 0.359 e. The van der Waals surface area contributed by atoms with Gasteiger partial charge in [0.1, 0.15) is 0 Å². The highest BCUT2D eigenvalue weighted by Crippen LogP contribution is 2.23. The molecule has 0 radical (unpaired) electrons. The number of nitrogens with one attached hydrogen (secondary N) is 2. The van der Waals surface area contributed by atoms with E-state index in [0.29, 0.717) is 11.3 Å². The number of aryl methyl sites for hydroxylation is 2. The highest BCUT2D eigenvalue weighted by molar-refractivity contribution is 6.00. The molecule has 0 aliphatic heterocycles. The van der Waals surface area contributed by atoms with Gasteiger partial charge in [-0.15, -0.1) is 0 Å². The van der Waals surface area contributed by atoms with E-state index in [-0.39, 0.29) is 36.9 Å². The smallest absolute Gasteiger partial charge is 0.224 e. The first-order valence-electron chi connectivity index (χ1n) is 9.80. The molecule has 0 fully saturated rings. The first-order valence-corrected chi connectivity index (χ1v) is 9.80. The van der Waals surface area contributed by atoms with E-state index in [9.17, 15) is 14.4 Å². The monoisotopic (exact) mass is 378 g/mol. The molecule has 0 heterocycles. The highest BCUT2D eigenvalue weighted by Gasteiger charge is 2.15. The van der Waals surface area contributed by atoms with Crippen molar-refractivity contribution in [1.82, 2.24) is 5.32 Å². The second kappa shape index (κ2) is 9.31. The Morgan fingerprint density at radius 2 is 1.64 bits per heavy atom. The lowest BCUT2D eigenvalue weighted by atomic mass is 9.89. The van der Waals surface area contributed by atoms with Crippen LogP contribution in [-0.4, -0.2) is 24.6 Å². The molecule has 2 N–H and O–H groups in total. The SMILES string of the molecule is CNC(=O)Cc1ccccc1NC(=O)CCC(=O)c1ccc2c(c1)CCCC2. The van der Waals surface area contributed by atoms with E-state index in [1.54, 1.807) is 19.2 Å². The number of likely N-dealkylation sites (N-methyl/N-ethyl adjacent to an activating group) is 1. The Bertz CT molecular complexity index is 889. The van der Waals surface area contributed by atoms with Crippen molar-refractivity contribution in [1.29, 1.82) is 0 Å². The summed E-state index contributed by atoms with van der Waals surface area (Å²) in [6.07, 6.45) is 4.97. The summed E-state index contributed by atoms with van der Waals surface area (Å²) in [4.78, 5) is 36.5. The lowest BCUT2D eigenvalue weighted by molar-refractivity contribution is -0.120. The molecule has 0 saturated heterocycles. The van der Waals surface area contributed by atoms with Crippen LogP contribution in [0.15, 0.2) is 42.5 Å². The van der Waals surface area contributed by atoms with Crippen molar-refractivity contribution in [3.05, 3.63) is 64.7 Å². The maximum absolute atomic E-state index is 12.5. The van der Waals surface area contributed by atoms with Crippen molar-refractivity contribution in [2.75, 3.05) is 12.4 Å². The van der Waals surface area contributed by atoms with Gasteiger partial charge in [0.15, 0.2) is 5.78 Å². The maximum atomic E-state index is 12.5. The van der Waals surface area contributed by atoms with Crippen LogP contribution in [-0.2, 0) is 28.9 Å². The van der Waals surface area contributed by atoms with Crippen molar-refractivity contribution in [2.45, 2.75) is 44.9 Å². The number of hydrogen-bond donors (Lipinski definition) is 2. The number of amides is 2. The second-order valence-corrected chi connectivity index (χ2v) is 7.17. The highest BCUT2D eigenvalue weighted by atomic mass is 16.2. The average molecular weight is 378 g/mol. The molecule has 0 spiro atoms. The van der Waals surface area contributed by atoms with Gasteiger partial charge in [-0.2, -0.15) is 0 Å². The number of benzene rings is 2. The molecule has 2 aromatic rings. The maximum Gasteiger partial charge on any atom is 0.224 e. The molecule has 3 rings (SSSR count). The Kier molecular flexibility index (Phi) is 6.58. The molecule has 0 unspecified atom stereocenters. The minimum atomic E-state index is -0.226. The van der Waals surface area contributed by atoms with Crippen molar-refractivity contribution in [3.63, 3.8) is 0 Å². The summed E-state index contributed by atoms with van der Waals surface area (Å²) in [6, 6.07) is 13.1. The van der Waals surface area contributed by atoms with Gasteiger partial charge in [0.05, 0.1) is 6.42 Å². The number of carbonyl (C=O) groups is 3. The number of anilines is 1. The van der Waals surface area contributed by atoms with Gasteiger partial charge < -0.3 is 10.6 Å². The molecule has 1 aliphatic rings. The number of rotatable bonds is 7. The Hall–Kier alpha value is -2.95. The van der Waals surface area contributed by atoms with E-state index < -0.39 is 0 Å². The lowest BCUT2D eigenvalue weighted by Crippen LogP contribution is -2.21. The van der Waals surface area contributed by atoms with E-state index >= 15 is 0 Å². The third-order valence-corrected chi connectivity index (χ3v) is 5.17. The topological polar surface area (TPSA) is 75.3 Å². The molecule has 2 aromatic carbocycles. The van der Waals surface area contributed by atoms with Crippen molar-refractivity contribution in [3.8, 4) is 0 Å². The van der Waals surface area contributed by atoms with Crippen LogP contribution in [0.4, 0.5) is 5.69 Å². The molecular weight excluding hydrogens is 352 g/mol. The van der Waals surface area contributed by atoms with Crippen LogP contribution in [0.1, 0.15) is 52.7 Å². The van der Waals surface area contributed by atoms with Gasteiger partial charge in [-0.05, 0) is 54.5 Å². The summed E-state index contributed by atoms with van der Waals surface area (Å²) in [5.74, 6) is -0.359. The molecule has 0 aromatic heterocycles. The molecule has 146 valence electrons. The van der Waals surface area contributed by atoms with Gasteiger partial charge in [0, 0.05) is 31.1 Å². The quantitative estimate of drug-likeness (QED) is 0.725. The summed E-state index contributed by atoms with van der Waals surface area (Å²) in [5, 5.41) is 5.40. The third-order valence-electron chi connectivity index (χ3n) is 5.17. The van der Waals surface area contributed by atoms with Gasteiger partial charge in [0.2, 0.25) is 11.8 Å². The fraction of sp³-hybridized carbons (Fsp3) is 0.348. The Labute approximate surface area is 165 Å². The molecule has 5 heteroatoms. The molecule has 1 aliphatic carbocycles. The zero-order chi connectivity index (χ0) is 19.9. The van der Waals surface area contributed by atoms with E-state index in [2.05, 4.69) is 16.7 Å². The Morgan fingerprint density at radius 1 is 0.893 bits per heavy atom.